The summed E-state index contributed by atoms with van der Waals surface area (Å²) in [6, 6.07) is 4.98. The maximum absolute atomic E-state index is 11.3. The number of carbonyl (C=O) groups is 1. The van der Waals surface area contributed by atoms with E-state index in [0.717, 1.165) is 5.69 Å². The SMILES string of the molecule is COC(=O)c1ccc(N2CC=CCO2)c(Cl)c1. The molecule has 1 aromatic rings. The van der Waals surface area contributed by atoms with Gasteiger partial charge in [-0.3, -0.25) is 4.84 Å². The van der Waals surface area contributed by atoms with Gasteiger partial charge in [0.2, 0.25) is 0 Å². The highest BCUT2D eigenvalue weighted by Gasteiger charge is 2.14. The van der Waals surface area contributed by atoms with Crippen molar-refractivity contribution in [3.8, 4) is 0 Å². The molecule has 0 bridgehead atoms. The number of hydrogen-bond acceptors (Lipinski definition) is 4. The molecule has 0 atom stereocenters. The van der Waals surface area contributed by atoms with Crippen molar-refractivity contribution in [2.75, 3.05) is 25.3 Å². The number of ether oxygens (including phenoxy) is 1. The van der Waals surface area contributed by atoms with Crippen molar-refractivity contribution in [3.05, 3.63) is 40.9 Å². The van der Waals surface area contributed by atoms with E-state index in [1.807, 2.05) is 12.2 Å². The first kappa shape index (κ1) is 12.0. The average Bonchev–Trinajstić information content (AvgIpc) is 2.38. The van der Waals surface area contributed by atoms with Gasteiger partial charge >= 0.3 is 5.97 Å². The first-order chi connectivity index (χ1) is 8.22. The smallest absolute Gasteiger partial charge is 0.337 e. The van der Waals surface area contributed by atoms with Gasteiger partial charge in [-0.2, -0.15) is 0 Å². The number of methoxy groups -OCH3 is 1. The first-order valence-electron chi connectivity index (χ1n) is 5.15. The van der Waals surface area contributed by atoms with Gasteiger partial charge in [-0.1, -0.05) is 23.8 Å². The fourth-order valence-corrected chi connectivity index (χ4v) is 1.82. The summed E-state index contributed by atoms with van der Waals surface area (Å²) in [5.41, 5.74) is 1.16. The second-order valence-corrected chi connectivity index (χ2v) is 3.89. The molecule has 4 nitrogen and oxygen atoms in total. The quantitative estimate of drug-likeness (QED) is 0.599. The van der Waals surface area contributed by atoms with Gasteiger partial charge < -0.3 is 4.74 Å². The van der Waals surface area contributed by atoms with E-state index in [4.69, 9.17) is 16.4 Å². The minimum atomic E-state index is -0.405. The lowest BCUT2D eigenvalue weighted by Gasteiger charge is -2.25. The Morgan fingerprint density at radius 1 is 1.47 bits per heavy atom. The summed E-state index contributed by atoms with van der Waals surface area (Å²) in [6.45, 7) is 1.16. The molecule has 0 radical (unpaired) electrons. The third-order valence-electron chi connectivity index (χ3n) is 2.40. The summed E-state index contributed by atoms with van der Waals surface area (Å²) >= 11 is 6.11. The van der Waals surface area contributed by atoms with Crippen LogP contribution in [0.5, 0.6) is 0 Å². The molecule has 1 aromatic carbocycles. The minimum Gasteiger partial charge on any atom is -0.465 e. The Bertz CT molecular complexity index is 459. The van der Waals surface area contributed by atoms with Crippen molar-refractivity contribution in [2.45, 2.75) is 0 Å². The second kappa shape index (κ2) is 5.21. The first-order valence-corrected chi connectivity index (χ1v) is 5.53. The Balaban J connectivity index is 2.25. The Hall–Kier alpha value is -1.52. The van der Waals surface area contributed by atoms with Crippen molar-refractivity contribution < 1.29 is 14.4 Å². The lowest BCUT2D eigenvalue weighted by molar-refractivity contribution is 0.0600. The zero-order valence-corrected chi connectivity index (χ0v) is 10.1. The molecule has 0 fully saturated rings. The predicted molar refractivity (Wildman–Crippen MR) is 65.2 cm³/mol. The van der Waals surface area contributed by atoms with Crippen LogP contribution in [0.2, 0.25) is 5.02 Å². The highest BCUT2D eigenvalue weighted by atomic mass is 35.5. The average molecular weight is 254 g/mol. The maximum Gasteiger partial charge on any atom is 0.337 e. The molecule has 90 valence electrons. The van der Waals surface area contributed by atoms with Crippen LogP contribution in [0.15, 0.2) is 30.4 Å². The van der Waals surface area contributed by atoms with Gasteiger partial charge in [-0.25, -0.2) is 9.86 Å². The number of carbonyl (C=O) groups excluding carboxylic acids is 1. The summed E-state index contributed by atoms with van der Waals surface area (Å²) in [6.07, 6.45) is 3.93. The fourth-order valence-electron chi connectivity index (χ4n) is 1.55. The van der Waals surface area contributed by atoms with E-state index in [0.29, 0.717) is 23.7 Å². The maximum atomic E-state index is 11.3. The monoisotopic (exact) mass is 253 g/mol. The molecule has 17 heavy (non-hydrogen) atoms. The third-order valence-corrected chi connectivity index (χ3v) is 2.70. The highest BCUT2D eigenvalue weighted by molar-refractivity contribution is 6.33. The molecule has 0 aliphatic carbocycles. The highest BCUT2D eigenvalue weighted by Crippen LogP contribution is 2.28. The lowest BCUT2D eigenvalue weighted by atomic mass is 10.2. The van der Waals surface area contributed by atoms with Gasteiger partial charge in [0.05, 0.1) is 36.5 Å². The van der Waals surface area contributed by atoms with E-state index >= 15 is 0 Å². The van der Waals surface area contributed by atoms with Gasteiger partial charge in [0.1, 0.15) is 0 Å². The Kier molecular flexibility index (Phi) is 3.66. The summed E-state index contributed by atoms with van der Waals surface area (Å²) < 4.78 is 4.62. The zero-order valence-electron chi connectivity index (χ0n) is 9.35. The number of hydrogen-bond donors (Lipinski definition) is 0. The summed E-state index contributed by atoms with van der Waals surface area (Å²) in [7, 11) is 1.34. The molecular formula is C12H12ClNO3. The number of halogens is 1. The normalized spacial score (nSPS) is 14.8. The van der Waals surface area contributed by atoms with E-state index in [2.05, 4.69) is 4.74 Å². The molecule has 1 aliphatic heterocycles. The molecule has 2 rings (SSSR count). The minimum absolute atomic E-state index is 0.405. The number of benzene rings is 1. The standard InChI is InChI=1S/C12H12ClNO3/c1-16-12(15)9-4-5-11(10(13)8-9)14-6-2-3-7-17-14/h2-5,8H,6-7H2,1H3. The molecule has 0 N–H and O–H groups in total. The molecule has 5 heteroatoms. The Labute approximate surface area is 104 Å². The number of nitrogens with zero attached hydrogens (tertiary/aromatic N) is 1. The van der Waals surface area contributed by atoms with Crippen molar-refractivity contribution in [1.29, 1.82) is 0 Å². The van der Waals surface area contributed by atoms with Crippen LogP contribution in [-0.2, 0) is 9.57 Å². The number of hydroxylamine groups is 1. The Morgan fingerprint density at radius 3 is 2.88 bits per heavy atom. The van der Waals surface area contributed by atoms with Crippen LogP contribution < -0.4 is 5.06 Å². The molecule has 0 amide bonds. The summed E-state index contributed by atoms with van der Waals surface area (Å²) in [5, 5.41) is 2.15. The molecule has 1 aliphatic rings. The summed E-state index contributed by atoms with van der Waals surface area (Å²) in [5.74, 6) is -0.405. The number of anilines is 1. The van der Waals surface area contributed by atoms with Crippen molar-refractivity contribution >= 4 is 23.3 Å². The van der Waals surface area contributed by atoms with E-state index in [1.165, 1.54) is 7.11 Å². The van der Waals surface area contributed by atoms with Crippen LogP contribution in [0.1, 0.15) is 10.4 Å². The van der Waals surface area contributed by atoms with Crippen LogP contribution in [0, 0.1) is 0 Å². The second-order valence-electron chi connectivity index (χ2n) is 3.49. The third kappa shape index (κ3) is 2.60. The van der Waals surface area contributed by atoms with E-state index < -0.39 is 5.97 Å². The van der Waals surface area contributed by atoms with Crippen LogP contribution in [0.25, 0.3) is 0 Å². The van der Waals surface area contributed by atoms with Crippen LogP contribution >= 0.6 is 11.6 Å². The van der Waals surface area contributed by atoms with Gasteiger partial charge in [0, 0.05) is 0 Å². The largest absolute Gasteiger partial charge is 0.465 e. The van der Waals surface area contributed by atoms with Crippen LogP contribution in [-0.4, -0.2) is 26.2 Å². The molecule has 0 saturated heterocycles. The van der Waals surface area contributed by atoms with Gasteiger partial charge in [0.15, 0.2) is 0 Å². The lowest BCUT2D eigenvalue weighted by Crippen LogP contribution is -2.27. The fraction of sp³-hybridized carbons (Fsp3) is 0.250. The topological polar surface area (TPSA) is 38.8 Å². The van der Waals surface area contributed by atoms with Crippen molar-refractivity contribution in [2.24, 2.45) is 0 Å². The van der Waals surface area contributed by atoms with E-state index in [1.54, 1.807) is 23.3 Å². The molecule has 0 unspecified atom stereocenters. The van der Waals surface area contributed by atoms with Crippen molar-refractivity contribution in [3.63, 3.8) is 0 Å². The molecule has 0 saturated carbocycles. The predicted octanol–water partition coefficient (Wildman–Crippen LogP) is 2.43. The van der Waals surface area contributed by atoms with Crippen LogP contribution in [0.3, 0.4) is 0 Å². The van der Waals surface area contributed by atoms with E-state index in [9.17, 15) is 4.79 Å². The van der Waals surface area contributed by atoms with E-state index in [-0.39, 0.29) is 0 Å². The molecular weight excluding hydrogens is 242 g/mol. The number of rotatable bonds is 2. The van der Waals surface area contributed by atoms with Gasteiger partial charge in [0.25, 0.3) is 0 Å². The summed E-state index contributed by atoms with van der Waals surface area (Å²) in [4.78, 5) is 16.7. The van der Waals surface area contributed by atoms with Crippen LogP contribution in [0.4, 0.5) is 5.69 Å². The number of esters is 1. The van der Waals surface area contributed by atoms with Gasteiger partial charge in [-0.15, -0.1) is 0 Å². The molecule has 0 spiro atoms. The van der Waals surface area contributed by atoms with Crippen molar-refractivity contribution in [1.82, 2.24) is 0 Å². The molecule has 1 heterocycles. The Morgan fingerprint density at radius 2 is 2.29 bits per heavy atom. The van der Waals surface area contributed by atoms with Gasteiger partial charge in [-0.05, 0) is 18.2 Å². The zero-order chi connectivity index (χ0) is 12.3. The molecule has 0 aromatic heterocycles.